The Balaban J connectivity index is 2.16. The Morgan fingerprint density at radius 3 is 2.50 bits per heavy atom. The molecular formula is C13H14FNO3. The maximum atomic E-state index is 13.3. The number of carboxylic acid groups (broad SMARTS) is 1. The highest BCUT2D eigenvalue weighted by molar-refractivity contribution is 6.09. The molecule has 1 fully saturated rings. The van der Waals surface area contributed by atoms with Gasteiger partial charge in [-0.1, -0.05) is 12.5 Å². The molecule has 1 aliphatic carbocycles. The first-order valence-electron chi connectivity index (χ1n) is 5.77. The van der Waals surface area contributed by atoms with Gasteiger partial charge < -0.3 is 10.4 Å². The number of hydrogen-bond donors (Lipinski definition) is 2. The van der Waals surface area contributed by atoms with Gasteiger partial charge in [0.05, 0.1) is 0 Å². The molecule has 0 radical (unpaired) electrons. The highest BCUT2D eigenvalue weighted by Gasteiger charge is 2.51. The summed E-state index contributed by atoms with van der Waals surface area (Å²) < 4.78 is 13.3. The number of nitrogens with one attached hydrogen (secondary N) is 1. The summed E-state index contributed by atoms with van der Waals surface area (Å²) in [7, 11) is 0. The first-order chi connectivity index (χ1) is 8.45. The fraction of sp³-hybridized carbons (Fsp3) is 0.385. The van der Waals surface area contributed by atoms with Crippen LogP contribution < -0.4 is 5.32 Å². The Morgan fingerprint density at radius 2 is 2.06 bits per heavy atom. The zero-order valence-electron chi connectivity index (χ0n) is 10.00. The summed E-state index contributed by atoms with van der Waals surface area (Å²) in [6, 6.07) is 4.30. The molecule has 0 atom stereocenters. The van der Waals surface area contributed by atoms with Gasteiger partial charge in [-0.25, -0.2) is 4.39 Å². The molecule has 1 saturated carbocycles. The van der Waals surface area contributed by atoms with E-state index < -0.39 is 23.1 Å². The molecule has 0 aliphatic heterocycles. The van der Waals surface area contributed by atoms with Crippen LogP contribution in [0.5, 0.6) is 0 Å². The monoisotopic (exact) mass is 251 g/mol. The quantitative estimate of drug-likeness (QED) is 0.810. The summed E-state index contributed by atoms with van der Waals surface area (Å²) >= 11 is 0. The van der Waals surface area contributed by atoms with Crippen molar-refractivity contribution in [2.24, 2.45) is 5.41 Å². The average molecular weight is 251 g/mol. The van der Waals surface area contributed by atoms with Gasteiger partial charge in [0.25, 0.3) is 0 Å². The third-order valence-corrected chi connectivity index (χ3v) is 3.48. The van der Waals surface area contributed by atoms with E-state index >= 15 is 0 Å². The maximum absolute atomic E-state index is 13.3. The minimum atomic E-state index is -1.33. The molecule has 0 aromatic heterocycles. The van der Waals surface area contributed by atoms with Crippen molar-refractivity contribution in [1.29, 1.82) is 0 Å². The van der Waals surface area contributed by atoms with Crippen molar-refractivity contribution in [3.8, 4) is 0 Å². The molecule has 1 amide bonds. The summed E-state index contributed by atoms with van der Waals surface area (Å²) in [5.74, 6) is -2.10. The molecule has 96 valence electrons. The van der Waals surface area contributed by atoms with E-state index in [4.69, 9.17) is 5.11 Å². The lowest BCUT2D eigenvalue weighted by Gasteiger charge is -2.35. The molecule has 2 N–H and O–H groups in total. The molecule has 5 heteroatoms. The van der Waals surface area contributed by atoms with Crippen LogP contribution in [0.1, 0.15) is 24.8 Å². The average Bonchev–Trinajstić information content (AvgIpc) is 2.21. The summed E-state index contributed by atoms with van der Waals surface area (Å²) in [6.45, 7) is 1.62. The van der Waals surface area contributed by atoms with Gasteiger partial charge >= 0.3 is 5.97 Å². The molecule has 0 bridgehead atoms. The van der Waals surface area contributed by atoms with Gasteiger partial charge in [-0.2, -0.15) is 0 Å². The van der Waals surface area contributed by atoms with Crippen LogP contribution >= 0.6 is 0 Å². The first kappa shape index (κ1) is 12.5. The Morgan fingerprint density at radius 1 is 1.39 bits per heavy atom. The number of carbonyl (C=O) groups excluding carboxylic acids is 1. The lowest BCUT2D eigenvalue weighted by Crippen LogP contribution is -2.48. The summed E-state index contributed by atoms with van der Waals surface area (Å²) in [5.41, 5.74) is -0.568. The topological polar surface area (TPSA) is 66.4 Å². The van der Waals surface area contributed by atoms with E-state index in [0.29, 0.717) is 18.4 Å². The predicted molar refractivity (Wildman–Crippen MR) is 63.7 cm³/mol. The summed E-state index contributed by atoms with van der Waals surface area (Å²) in [5, 5.41) is 11.6. The van der Waals surface area contributed by atoms with Crippen molar-refractivity contribution in [1.82, 2.24) is 0 Å². The van der Waals surface area contributed by atoms with Crippen LogP contribution in [0.4, 0.5) is 10.1 Å². The lowest BCUT2D eigenvalue weighted by atomic mass is 9.68. The zero-order chi connectivity index (χ0) is 13.3. The van der Waals surface area contributed by atoms with E-state index in [1.807, 2.05) is 0 Å². The number of halogens is 1. The van der Waals surface area contributed by atoms with Gasteiger partial charge in [0, 0.05) is 5.69 Å². The van der Waals surface area contributed by atoms with Crippen LogP contribution in [-0.2, 0) is 9.59 Å². The number of carbonyl (C=O) groups is 2. The molecule has 0 spiro atoms. The van der Waals surface area contributed by atoms with Gasteiger partial charge in [-0.05, 0) is 37.5 Å². The molecule has 1 aliphatic rings. The van der Waals surface area contributed by atoms with Crippen LogP contribution in [0.25, 0.3) is 0 Å². The molecule has 4 nitrogen and oxygen atoms in total. The van der Waals surface area contributed by atoms with E-state index in [0.717, 1.165) is 6.42 Å². The molecule has 0 saturated heterocycles. The standard InChI is InChI=1S/C13H14FNO3/c1-8-3-4-9(7-10(8)14)15-11(16)13(12(17)18)5-2-6-13/h3-4,7H,2,5-6H2,1H3,(H,15,16)(H,17,18). The molecule has 1 aromatic rings. The molecule has 0 unspecified atom stereocenters. The number of amides is 1. The second-order valence-electron chi connectivity index (χ2n) is 4.66. The maximum Gasteiger partial charge on any atom is 0.319 e. The molecule has 2 rings (SSSR count). The Hall–Kier alpha value is -1.91. The predicted octanol–water partition coefficient (Wildman–Crippen LogP) is 2.33. The minimum absolute atomic E-state index is 0.288. The van der Waals surface area contributed by atoms with E-state index in [-0.39, 0.29) is 5.69 Å². The Bertz CT molecular complexity index is 509. The van der Waals surface area contributed by atoms with Crippen molar-refractivity contribution in [2.75, 3.05) is 5.32 Å². The van der Waals surface area contributed by atoms with Gasteiger partial charge in [0.15, 0.2) is 0 Å². The Kier molecular flexibility index (Phi) is 3.07. The zero-order valence-corrected chi connectivity index (χ0v) is 10.00. The van der Waals surface area contributed by atoms with E-state index in [2.05, 4.69) is 5.32 Å². The van der Waals surface area contributed by atoms with Crippen molar-refractivity contribution in [2.45, 2.75) is 26.2 Å². The second kappa shape index (κ2) is 4.40. The molecule has 0 heterocycles. The van der Waals surface area contributed by atoms with Crippen molar-refractivity contribution in [3.63, 3.8) is 0 Å². The number of anilines is 1. The number of aryl methyl sites for hydroxylation is 1. The molecule has 1 aromatic carbocycles. The smallest absolute Gasteiger partial charge is 0.319 e. The fourth-order valence-corrected chi connectivity index (χ4v) is 1.99. The van der Waals surface area contributed by atoms with E-state index in [1.165, 1.54) is 6.07 Å². The summed E-state index contributed by atoms with van der Waals surface area (Å²) in [6.07, 6.45) is 1.40. The second-order valence-corrected chi connectivity index (χ2v) is 4.66. The van der Waals surface area contributed by atoms with Gasteiger partial charge in [-0.3, -0.25) is 9.59 Å². The van der Waals surface area contributed by atoms with Crippen LogP contribution in [0.15, 0.2) is 18.2 Å². The fourth-order valence-electron chi connectivity index (χ4n) is 1.99. The lowest BCUT2D eigenvalue weighted by molar-refractivity contribution is -0.159. The van der Waals surface area contributed by atoms with Gasteiger partial charge in [-0.15, -0.1) is 0 Å². The van der Waals surface area contributed by atoms with Crippen LogP contribution in [-0.4, -0.2) is 17.0 Å². The van der Waals surface area contributed by atoms with Gasteiger partial charge in [0.2, 0.25) is 5.91 Å². The third kappa shape index (κ3) is 1.96. The number of aliphatic carboxylic acids is 1. The van der Waals surface area contributed by atoms with Crippen LogP contribution in [0.3, 0.4) is 0 Å². The third-order valence-electron chi connectivity index (χ3n) is 3.48. The summed E-state index contributed by atoms with van der Waals surface area (Å²) in [4.78, 5) is 23.1. The molecule has 18 heavy (non-hydrogen) atoms. The van der Waals surface area contributed by atoms with Crippen molar-refractivity contribution >= 4 is 17.6 Å². The minimum Gasteiger partial charge on any atom is -0.480 e. The highest BCUT2D eigenvalue weighted by atomic mass is 19.1. The van der Waals surface area contributed by atoms with E-state index in [1.54, 1.807) is 19.1 Å². The number of hydrogen-bond acceptors (Lipinski definition) is 2. The van der Waals surface area contributed by atoms with E-state index in [9.17, 15) is 14.0 Å². The number of rotatable bonds is 3. The largest absolute Gasteiger partial charge is 0.480 e. The number of benzene rings is 1. The van der Waals surface area contributed by atoms with Crippen molar-refractivity contribution < 1.29 is 19.1 Å². The molecular weight excluding hydrogens is 237 g/mol. The first-order valence-corrected chi connectivity index (χ1v) is 5.77. The van der Waals surface area contributed by atoms with Crippen LogP contribution in [0.2, 0.25) is 0 Å². The van der Waals surface area contributed by atoms with Crippen molar-refractivity contribution in [3.05, 3.63) is 29.6 Å². The van der Waals surface area contributed by atoms with Gasteiger partial charge in [0.1, 0.15) is 11.2 Å². The highest BCUT2D eigenvalue weighted by Crippen LogP contribution is 2.42. The normalized spacial score (nSPS) is 16.8. The number of carboxylic acids is 1. The SMILES string of the molecule is Cc1ccc(NC(=O)C2(C(=O)O)CCC2)cc1F. The van der Waals surface area contributed by atoms with Crippen LogP contribution in [0, 0.1) is 18.2 Å². The Labute approximate surface area is 104 Å².